The summed E-state index contributed by atoms with van der Waals surface area (Å²) in [6.07, 6.45) is -3.49. The number of rotatable bonds is 10. The molecule has 2 aliphatic rings. The topological polar surface area (TPSA) is 88.2 Å². The first-order valence-electron chi connectivity index (χ1n) is 13.7. The highest BCUT2D eigenvalue weighted by atomic mass is 35.5. The minimum atomic E-state index is -4.24. The van der Waals surface area contributed by atoms with Gasteiger partial charge in [-0.2, -0.15) is 13.2 Å². The summed E-state index contributed by atoms with van der Waals surface area (Å²) in [5.74, 6) is -3.93. The summed E-state index contributed by atoms with van der Waals surface area (Å²) >= 11 is 6.17. The standard InChI is InChI=1S/C28H33ClF5N5O3/c29-19-4-6-22(23(14-19)38-12-10-37(11-13-38)9-7-28(32,33)34)36-27(42)21-5-3-18(25(30)26(21)31)15-35-24(41)16-39-8-1-2-20(39)17-40/h3-6,14,20,40H,1-2,7-13,15-17H2,(H,35,41)(H,36,42). The van der Waals surface area contributed by atoms with Crippen molar-refractivity contribution in [3.63, 3.8) is 0 Å². The van der Waals surface area contributed by atoms with Crippen molar-refractivity contribution in [3.8, 4) is 0 Å². The van der Waals surface area contributed by atoms with Crippen molar-refractivity contribution < 1.29 is 36.6 Å². The Morgan fingerprint density at radius 3 is 2.45 bits per heavy atom. The van der Waals surface area contributed by atoms with Gasteiger partial charge in [0.15, 0.2) is 11.6 Å². The van der Waals surface area contributed by atoms with Crippen molar-refractivity contribution in [2.45, 2.75) is 38.0 Å². The molecule has 2 heterocycles. The number of nitrogens with one attached hydrogen (secondary N) is 2. The number of piperazine rings is 1. The van der Waals surface area contributed by atoms with E-state index in [2.05, 4.69) is 10.6 Å². The number of aliphatic hydroxyl groups is 1. The molecule has 2 aliphatic heterocycles. The minimum absolute atomic E-state index is 0.0296. The first-order chi connectivity index (χ1) is 19.9. The predicted octanol–water partition coefficient (Wildman–Crippen LogP) is 4.02. The number of hydrogen-bond acceptors (Lipinski definition) is 6. The second-order valence-corrected chi connectivity index (χ2v) is 10.9. The number of aliphatic hydroxyl groups excluding tert-OH is 1. The Kier molecular flexibility index (Phi) is 10.6. The van der Waals surface area contributed by atoms with Crippen LogP contribution in [0.25, 0.3) is 0 Å². The van der Waals surface area contributed by atoms with E-state index in [1.165, 1.54) is 18.2 Å². The van der Waals surface area contributed by atoms with Crippen molar-refractivity contribution in [2.24, 2.45) is 0 Å². The van der Waals surface area contributed by atoms with Crippen molar-refractivity contribution >= 4 is 34.8 Å². The number of alkyl halides is 3. The molecule has 8 nitrogen and oxygen atoms in total. The molecule has 230 valence electrons. The number of halogens is 6. The molecule has 3 N–H and O–H groups in total. The highest BCUT2D eigenvalue weighted by Crippen LogP contribution is 2.31. The average Bonchev–Trinajstić information content (AvgIpc) is 3.40. The van der Waals surface area contributed by atoms with Crippen LogP contribution in [0.4, 0.5) is 33.3 Å². The van der Waals surface area contributed by atoms with Crippen LogP contribution < -0.4 is 15.5 Å². The Morgan fingerprint density at radius 1 is 1.02 bits per heavy atom. The van der Waals surface area contributed by atoms with E-state index in [1.54, 1.807) is 11.0 Å². The number of likely N-dealkylation sites (tertiary alicyclic amines) is 1. The number of benzene rings is 2. The van der Waals surface area contributed by atoms with Gasteiger partial charge >= 0.3 is 6.18 Å². The van der Waals surface area contributed by atoms with Gasteiger partial charge in [-0.3, -0.25) is 19.4 Å². The molecule has 4 rings (SSSR count). The third kappa shape index (κ3) is 8.30. The molecule has 0 aromatic heterocycles. The van der Waals surface area contributed by atoms with Gasteiger partial charge < -0.3 is 20.6 Å². The molecule has 0 radical (unpaired) electrons. The summed E-state index contributed by atoms with van der Waals surface area (Å²) in [5, 5.41) is 14.9. The fourth-order valence-electron chi connectivity index (χ4n) is 5.20. The minimum Gasteiger partial charge on any atom is -0.395 e. The van der Waals surface area contributed by atoms with Gasteiger partial charge in [0.05, 0.1) is 36.5 Å². The van der Waals surface area contributed by atoms with Crippen LogP contribution in [0, 0.1) is 11.6 Å². The Balaban J connectivity index is 1.38. The van der Waals surface area contributed by atoms with Crippen molar-refractivity contribution in [2.75, 3.05) is 62.6 Å². The van der Waals surface area contributed by atoms with Gasteiger partial charge in [-0.1, -0.05) is 17.7 Å². The van der Waals surface area contributed by atoms with Crippen LogP contribution in [-0.2, 0) is 11.3 Å². The van der Waals surface area contributed by atoms with Gasteiger partial charge in [0, 0.05) is 55.9 Å². The molecule has 2 aromatic rings. The fourth-order valence-corrected chi connectivity index (χ4v) is 5.37. The van der Waals surface area contributed by atoms with Gasteiger partial charge in [-0.25, -0.2) is 8.78 Å². The number of nitrogens with zero attached hydrogens (tertiary/aromatic N) is 3. The zero-order valence-corrected chi connectivity index (χ0v) is 23.6. The van der Waals surface area contributed by atoms with Gasteiger partial charge in [0.2, 0.25) is 5.91 Å². The van der Waals surface area contributed by atoms with E-state index in [1.807, 2.05) is 9.80 Å². The third-order valence-electron chi connectivity index (χ3n) is 7.57. The summed E-state index contributed by atoms with van der Waals surface area (Å²) in [7, 11) is 0. The summed E-state index contributed by atoms with van der Waals surface area (Å²) in [6, 6.07) is 6.89. The lowest BCUT2D eigenvalue weighted by atomic mass is 10.1. The highest BCUT2D eigenvalue weighted by molar-refractivity contribution is 6.31. The van der Waals surface area contributed by atoms with Crippen LogP contribution in [-0.4, -0.2) is 91.4 Å². The molecule has 0 saturated carbocycles. The molecule has 2 aromatic carbocycles. The van der Waals surface area contributed by atoms with E-state index in [4.69, 9.17) is 11.6 Å². The maximum Gasteiger partial charge on any atom is 0.390 e. The molecule has 1 atom stereocenters. The largest absolute Gasteiger partial charge is 0.395 e. The maximum absolute atomic E-state index is 15.0. The Labute approximate surface area is 245 Å². The highest BCUT2D eigenvalue weighted by Gasteiger charge is 2.30. The zero-order valence-electron chi connectivity index (χ0n) is 22.8. The molecule has 0 bridgehead atoms. The van der Waals surface area contributed by atoms with Gasteiger partial charge in [-0.15, -0.1) is 0 Å². The molecule has 1 unspecified atom stereocenters. The van der Waals surface area contributed by atoms with Gasteiger partial charge in [0.1, 0.15) is 0 Å². The van der Waals surface area contributed by atoms with Crippen LogP contribution in [0.15, 0.2) is 30.3 Å². The number of carbonyl (C=O) groups is 2. The Morgan fingerprint density at radius 2 is 1.76 bits per heavy atom. The van der Waals surface area contributed by atoms with Gasteiger partial charge in [-0.05, 0) is 43.7 Å². The Hall–Kier alpha value is -3.00. The first kappa shape index (κ1) is 31.9. The molecule has 0 spiro atoms. The normalized spacial score (nSPS) is 18.4. The van der Waals surface area contributed by atoms with E-state index in [0.29, 0.717) is 43.4 Å². The van der Waals surface area contributed by atoms with E-state index in [9.17, 15) is 36.6 Å². The number of carbonyl (C=O) groups excluding carboxylic acids is 2. The molecule has 2 fully saturated rings. The van der Waals surface area contributed by atoms with E-state index < -0.39 is 41.6 Å². The van der Waals surface area contributed by atoms with Crippen molar-refractivity contribution in [1.82, 2.24) is 15.1 Å². The van der Waals surface area contributed by atoms with Crippen molar-refractivity contribution in [3.05, 3.63) is 58.1 Å². The number of amides is 2. The van der Waals surface area contributed by atoms with Gasteiger partial charge in [0.25, 0.3) is 5.91 Å². The second-order valence-electron chi connectivity index (χ2n) is 10.4. The molecular formula is C28H33ClF5N5O3. The number of anilines is 2. The van der Waals surface area contributed by atoms with Crippen LogP contribution in [0.2, 0.25) is 5.02 Å². The Bertz CT molecular complexity index is 1270. The SMILES string of the molecule is O=C(CN1CCCC1CO)NCc1ccc(C(=O)Nc2ccc(Cl)cc2N2CCN(CCC(F)(F)F)CC2)c(F)c1F. The smallest absolute Gasteiger partial charge is 0.390 e. The first-order valence-corrected chi connectivity index (χ1v) is 14.1. The third-order valence-corrected chi connectivity index (χ3v) is 7.81. The summed E-state index contributed by atoms with van der Waals surface area (Å²) in [4.78, 5) is 30.7. The lowest BCUT2D eigenvalue weighted by Gasteiger charge is -2.37. The molecular weight excluding hydrogens is 585 g/mol. The summed E-state index contributed by atoms with van der Waals surface area (Å²) < 4.78 is 67.6. The van der Waals surface area contributed by atoms with E-state index in [0.717, 1.165) is 18.9 Å². The summed E-state index contributed by atoms with van der Waals surface area (Å²) in [5.41, 5.74) is 0.122. The average molecular weight is 618 g/mol. The molecule has 2 saturated heterocycles. The second kappa shape index (κ2) is 14.0. The monoisotopic (exact) mass is 617 g/mol. The quantitative estimate of drug-likeness (QED) is 0.349. The molecule has 0 aliphatic carbocycles. The fraction of sp³-hybridized carbons (Fsp3) is 0.500. The van der Waals surface area contributed by atoms with E-state index >= 15 is 0 Å². The van der Waals surface area contributed by atoms with Crippen molar-refractivity contribution in [1.29, 1.82) is 0 Å². The summed E-state index contributed by atoms with van der Waals surface area (Å²) in [6.45, 7) is 1.74. The molecule has 42 heavy (non-hydrogen) atoms. The van der Waals surface area contributed by atoms with Crippen LogP contribution >= 0.6 is 11.6 Å². The van der Waals surface area contributed by atoms with Crippen LogP contribution in [0.5, 0.6) is 0 Å². The zero-order chi connectivity index (χ0) is 30.4. The predicted molar refractivity (Wildman–Crippen MR) is 149 cm³/mol. The maximum atomic E-state index is 15.0. The lowest BCUT2D eigenvalue weighted by molar-refractivity contribution is -0.138. The van der Waals surface area contributed by atoms with Crippen LogP contribution in [0.1, 0.15) is 35.2 Å². The number of hydrogen-bond donors (Lipinski definition) is 3. The van der Waals surface area contributed by atoms with Crippen LogP contribution in [0.3, 0.4) is 0 Å². The molecule has 14 heteroatoms. The van der Waals surface area contributed by atoms with E-state index in [-0.39, 0.29) is 43.5 Å². The lowest BCUT2D eigenvalue weighted by Crippen LogP contribution is -2.47. The molecule has 2 amide bonds.